The number of ether oxygens (including phenoxy) is 1. The van der Waals surface area contributed by atoms with Crippen molar-refractivity contribution in [1.82, 2.24) is 4.90 Å². The van der Waals surface area contributed by atoms with Gasteiger partial charge in [-0.05, 0) is 17.5 Å². The van der Waals surface area contributed by atoms with Crippen molar-refractivity contribution < 1.29 is 14.3 Å². The Balaban J connectivity index is 2.08. The number of fused-ring (bicyclic) bond motifs is 1. The van der Waals surface area contributed by atoms with Crippen molar-refractivity contribution in [3.63, 3.8) is 0 Å². The van der Waals surface area contributed by atoms with E-state index in [4.69, 9.17) is 0 Å². The quantitative estimate of drug-likeness (QED) is 0.807. The summed E-state index contributed by atoms with van der Waals surface area (Å²) in [6, 6.07) is 9.76. The Labute approximate surface area is 115 Å². The first-order valence-electron chi connectivity index (χ1n) is 5.92. The predicted octanol–water partition coefficient (Wildman–Crippen LogP) is 2.54. The monoisotopic (exact) mass is 277 g/mol. The van der Waals surface area contributed by atoms with Crippen molar-refractivity contribution in [3.05, 3.63) is 35.2 Å². The van der Waals surface area contributed by atoms with Crippen molar-refractivity contribution in [2.75, 3.05) is 20.7 Å². The molecule has 0 fully saturated rings. The molecule has 2 aromatic rings. The minimum Gasteiger partial charge on any atom is -0.469 e. The zero-order valence-corrected chi connectivity index (χ0v) is 11.7. The molecule has 0 spiro atoms. The minimum absolute atomic E-state index is 0.0647. The number of carbonyl (C=O) groups excluding carboxylic acids is 2. The Morgan fingerprint density at radius 2 is 2.05 bits per heavy atom. The van der Waals surface area contributed by atoms with Gasteiger partial charge in [-0.25, -0.2) is 0 Å². The molecule has 0 bridgehead atoms. The van der Waals surface area contributed by atoms with Crippen LogP contribution in [0, 0.1) is 0 Å². The van der Waals surface area contributed by atoms with Gasteiger partial charge < -0.3 is 9.64 Å². The molecule has 100 valence electrons. The van der Waals surface area contributed by atoms with Crippen molar-refractivity contribution in [3.8, 4) is 0 Å². The van der Waals surface area contributed by atoms with E-state index in [0.29, 0.717) is 11.4 Å². The summed E-state index contributed by atoms with van der Waals surface area (Å²) >= 11 is 1.47. The number of hydrogen-bond donors (Lipinski definition) is 0. The first-order valence-corrected chi connectivity index (χ1v) is 6.74. The first-order chi connectivity index (χ1) is 9.11. The number of hydrogen-bond acceptors (Lipinski definition) is 4. The summed E-state index contributed by atoms with van der Waals surface area (Å²) in [6.45, 7) is 0.361. The van der Waals surface area contributed by atoms with Crippen LogP contribution in [0.2, 0.25) is 0 Å². The van der Waals surface area contributed by atoms with Crippen LogP contribution in [0.3, 0.4) is 0 Å². The van der Waals surface area contributed by atoms with Gasteiger partial charge in [0.1, 0.15) is 0 Å². The Morgan fingerprint density at radius 1 is 1.32 bits per heavy atom. The molecule has 0 aliphatic heterocycles. The van der Waals surface area contributed by atoms with Crippen LogP contribution in [-0.2, 0) is 9.53 Å². The van der Waals surface area contributed by atoms with Crippen LogP contribution in [0.1, 0.15) is 16.1 Å². The van der Waals surface area contributed by atoms with Gasteiger partial charge in [-0.15, -0.1) is 11.3 Å². The van der Waals surface area contributed by atoms with E-state index in [9.17, 15) is 9.59 Å². The van der Waals surface area contributed by atoms with E-state index in [2.05, 4.69) is 4.74 Å². The number of nitrogens with zero attached hydrogens (tertiary/aromatic N) is 1. The summed E-state index contributed by atoms with van der Waals surface area (Å²) < 4.78 is 5.65. The summed E-state index contributed by atoms with van der Waals surface area (Å²) in [5, 5.41) is 1.07. The number of amides is 1. The molecule has 0 radical (unpaired) electrons. The fraction of sp³-hybridized carbons (Fsp3) is 0.286. The zero-order valence-electron chi connectivity index (χ0n) is 10.9. The standard InChI is InChI=1S/C14H15NO3S/c1-15(8-7-13(16)18-2)14(17)12-9-10-5-3-4-6-11(10)19-12/h3-6,9H,7-8H2,1-2H3. The summed E-state index contributed by atoms with van der Waals surface area (Å²) in [5.74, 6) is -0.374. The largest absolute Gasteiger partial charge is 0.469 e. The summed E-state index contributed by atoms with van der Waals surface area (Å²) in [6.07, 6.45) is 0.212. The van der Waals surface area contributed by atoms with Gasteiger partial charge in [-0.3, -0.25) is 9.59 Å². The zero-order chi connectivity index (χ0) is 13.8. The van der Waals surface area contributed by atoms with E-state index in [1.807, 2.05) is 30.3 Å². The van der Waals surface area contributed by atoms with Crippen molar-refractivity contribution >= 4 is 33.3 Å². The smallest absolute Gasteiger partial charge is 0.307 e. The first kappa shape index (κ1) is 13.5. The van der Waals surface area contributed by atoms with Gasteiger partial charge in [0.25, 0.3) is 5.91 Å². The summed E-state index contributed by atoms with van der Waals surface area (Å²) in [7, 11) is 3.03. The van der Waals surface area contributed by atoms with Crippen LogP contribution in [0.25, 0.3) is 10.1 Å². The average Bonchev–Trinajstić information content (AvgIpc) is 2.87. The second kappa shape index (κ2) is 5.84. The number of rotatable bonds is 4. The van der Waals surface area contributed by atoms with Gasteiger partial charge >= 0.3 is 5.97 Å². The molecule has 0 atom stereocenters. The molecular weight excluding hydrogens is 262 g/mol. The third-order valence-electron chi connectivity index (χ3n) is 2.86. The maximum atomic E-state index is 12.2. The van der Waals surface area contributed by atoms with E-state index >= 15 is 0 Å². The second-order valence-electron chi connectivity index (χ2n) is 4.20. The predicted molar refractivity (Wildman–Crippen MR) is 75.4 cm³/mol. The van der Waals surface area contributed by atoms with Crippen LogP contribution < -0.4 is 0 Å². The lowest BCUT2D eigenvalue weighted by molar-refractivity contribution is -0.140. The van der Waals surface area contributed by atoms with Crippen molar-refractivity contribution in [1.29, 1.82) is 0 Å². The van der Waals surface area contributed by atoms with Gasteiger partial charge in [0.05, 0.1) is 18.4 Å². The van der Waals surface area contributed by atoms with Crippen LogP contribution in [0.5, 0.6) is 0 Å². The molecule has 1 heterocycles. The molecule has 0 aliphatic carbocycles. The lowest BCUT2D eigenvalue weighted by Crippen LogP contribution is -2.28. The summed E-state index contributed by atoms with van der Waals surface area (Å²) in [4.78, 5) is 25.5. The maximum absolute atomic E-state index is 12.2. The van der Waals surface area contributed by atoms with Crippen LogP contribution in [-0.4, -0.2) is 37.5 Å². The van der Waals surface area contributed by atoms with E-state index in [-0.39, 0.29) is 18.3 Å². The Hall–Kier alpha value is -1.88. The van der Waals surface area contributed by atoms with Crippen LogP contribution in [0.4, 0.5) is 0 Å². The molecule has 5 heteroatoms. The molecule has 0 saturated carbocycles. The maximum Gasteiger partial charge on any atom is 0.307 e. The van der Waals surface area contributed by atoms with Gasteiger partial charge in [-0.1, -0.05) is 18.2 Å². The molecule has 0 unspecified atom stereocenters. The molecule has 0 saturated heterocycles. The molecular formula is C14H15NO3S. The van der Waals surface area contributed by atoms with Gasteiger partial charge in [0, 0.05) is 18.3 Å². The molecule has 4 nitrogen and oxygen atoms in total. The normalized spacial score (nSPS) is 10.4. The van der Waals surface area contributed by atoms with E-state index in [1.54, 1.807) is 11.9 Å². The second-order valence-corrected chi connectivity index (χ2v) is 5.29. The van der Waals surface area contributed by atoms with Crippen LogP contribution >= 0.6 is 11.3 Å². The molecule has 2 rings (SSSR count). The van der Waals surface area contributed by atoms with Crippen molar-refractivity contribution in [2.45, 2.75) is 6.42 Å². The molecule has 0 N–H and O–H groups in total. The third kappa shape index (κ3) is 3.12. The fourth-order valence-corrected chi connectivity index (χ4v) is 2.80. The van der Waals surface area contributed by atoms with E-state index < -0.39 is 0 Å². The third-order valence-corrected chi connectivity index (χ3v) is 3.97. The lowest BCUT2D eigenvalue weighted by atomic mass is 10.2. The molecule has 0 aliphatic rings. The highest BCUT2D eigenvalue weighted by molar-refractivity contribution is 7.20. The van der Waals surface area contributed by atoms with Crippen molar-refractivity contribution in [2.24, 2.45) is 0 Å². The Kier molecular flexibility index (Phi) is 4.16. The van der Waals surface area contributed by atoms with Gasteiger partial charge in [0.15, 0.2) is 0 Å². The highest BCUT2D eigenvalue weighted by Gasteiger charge is 2.15. The highest BCUT2D eigenvalue weighted by Crippen LogP contribution is 2.26. The highest BCUT2D eigenvalue weighted by atomic mass is 32.1. The number of esters is 1. The molecule has 1 amide bonds. The number of methoxy groups -OCH3 is 1. The average molecular weight is 277 g/mol. The van der Waals surface area contributed by atoms with E-state index in [0.717, 1.165) is 10.1 Å². The Bertz CT molecular complexity index is 573. The molecule has 1 aromatic heterocycles. The minimum atomic E-state index is -0.309. The fourth-order valence-electron chi connectivity index (χ4n) is 1.74. The van der Waals surface area contributed by atoms with Gasteiger partial charge in [-0.2, -0.15) is 0 Å². The topological polar surface area (TPSA) is 46.6 Å². The van der Waals surface area contributed by atoms with Crippen LogP contribution in [0.15, 0.2) is 30.3 Å². The Morgan fingerprint density at radius 3 is 2.74 bits per heavy atom. The van der Waals surface area contributed by atoms with Gasteiger partial charge in [0.2, 0.25) is 0 Å². The lowest BCUT2D eigenvalue weighted by Gasteiger charge is -2.15. The number of carbonyl (C=O) groups is 2. The molecule has 19 heavy (non-hydrogen) atoms. The van der Waals surface area contributed by atoms with E-state index in [1.165, 1.54) is 18.4 Å². The number of thiophene rings is 1. The molecule has 1 aromatic carbocycles. The SMILES string of the molecule is COC(=O)CCN(C)C(=O)c1cc2ccccc2s1. The summed E-state index contributed by atoms with van der Waals surface area (Å²) in [5.41, 5.74) is 0. The number of benzene rings is 1.